The van der Waals surface area contributed by atoms with E-state index in [1.54, 1.807) is 19.2 Å². The van der Waals surface area contributed by atoms with Crippen molar-refractivity contribution in [3.63, 3.8) is 0 Å². The number of amides is 2. The fourth-order valence-electron chi connectivity index (χ4n) is 3.27. The lowest BCUT2D eigenvalue weighted by Crippen LogP contribution is -2.72. The molecule has 0 atom stereocenters. The number of quaternary nitrogens is 1. The minimum atomic E-state index is -0.240. The van der Waals surface area contributed by atoms with Crippen molar-refractivity contribution in [1.82, 2.24) is 15.3 Å². The lowest BCUT2D eigenvalue weighted by atomic mass is 10.1. The third-order valence-corrected chi connectivity index (χ3v) is 4.57. The first-order valence-electron chi connectivity index (χ1n) is 9.08. The summed E-state index contributed by atoms with van der Waals surface area (Å²) >= 11 is 0. The predicted molar refractivity (Wildman–Crippen MR) is 105 cm³/mol. The molecular formula is C19H25N6O2+. The highest BCUT2D eigenvalue weighted by Crippen LogP contribution is 2.27. The first-order chi connectivity index (χ1) is 13.1. The summed E-state index contributed by atoms with van der Waals surface area (Å²) in [6.45, 7) is 0. The summed E-state index contributed by atoms with van der Waals surface area (Å²) in [5.41, 5.74) is 2.62. The SMILES string of the molecule is C[NH2+]/C=C(\C=N)c1cc2nc(NC(=O)NC3CCCC3)ccc2nc1OC. The number of urea groups is 1. The van der Waals surface area contributed by atoms with Crippen LogP contribution in [0.25, 0.3) is 16.6 Å². The van der Waals surface area contributed by atoms with Crippen LogP contribution in [-0.4, -0.2) is 42.4 Å². The second-order valence-electron chi connectivity index (χ2n) is 6.46. The molecule has 2 aromatic rings. The van der Waals surface area contributed by atoms with Crippen molar-refractivity contribution in [2.45, 2.75) is 31.7 Å². The van der Waals surface area contributed by atoms with E-state index in [0.29, 0.717) is 33.9 Å². The number of fused-ring (bicyclic) bond motifs is 1. The zero-order chi connectivity index (χ0) is 19.2. The van der Waals surface area contributed by atoms with Crippen molar-refractivity contribution in [1.29, 1.82) is 5.41 Å². The Bertz CT molecular complexity index is 874. The molecule has 2 amide bonds. The van der Waals surface area contributed by atoms with E-state index in [-0.39, 0.29) is 12.1 Å². The van der Waals surface area contributed by atoms with Crippen molar-refractivity contribution in [3.8, 4) is 5.88 Å². The van der Waals surface area contributed by atoms with Gasteiger partial charge in [0.05, 0.1) is 36.3 Å². The fraction of sp³-hybridized carbons (Fsp3) is 0.368. The molecule has 1 saturated carbocycles. The van der Waals surface area contributed by atoms with Crippen molar-refractivity contribution < 1.29 is 14.8 Å². The number of carbonyl (C=O) groups is 1. The molecule has 27 heavy (non-hydrogen) atoms. The van der Waals surface area contributed by atoms with Crippen LogP contribution >= 0.6 is 0 Å². The maximum Gasteiger partial charge on any atom is 0.320 e. The summed E-state index contributed by atoms with van der Waals surface area (Å²) in [6, 6.07) is 5.33. The smallest absolute Gasteiger partial charge is 0.320 e. The van der Waals surface area contributed by atoms with E-state index in [1.807, 2.05) is 24.6 Å². The quantitative estimate of drug-likeness (QED) is 0.582. The van der Waals surface area contributed by atoms with E-state index in [2.05, 4.69) is 20.6 Å². The Morgan fingerprint density at radius 3 is 2.74 bits per heavy atom. The van der Waals surface area contributed by atoms with Gasteiger partial charge >= 0.3 is 6.03 Å². The van der Waals surface area contributed by atoms with Crippen LogP contribution in [0.15, 0.2) is 24.4 Å². The van der Waals surface area contributed by atoms with Gasteiger partial charge < -0.3 is 20.8 Å². The van der Waals surface area contributed by atoms with Crippen molar-refractivity contribution in [2.75, 3.05) is 19.5 Å². The number of nitrogens with one attached hydrogen (secondary N) is 3. The predicted octanol–water partition coefficient (Wildman–Crippen LogP) is 1.89. The van der Waals surface area contributed by atoms with Gasteiger partial charge in [-0.2, -0.15) is 0 Å². The highest BCUT2D eigenvalue weighted by Gasteiger charge is 2.18. The summed E-state index contributed by atoms with van der Waals surface area (Å²) in [7, 11) is 3.43. The molecule has 1 aliphatic rings. The average Bonchev–Trinajstić information content (AvgIpc) is 3.17. The van der Waals surface area contributed by atoms with Crippen LogP contribution in [-0.2, 0) is 0 Å². The summed E-state index contributed by atoms with van der Waals surface area (Å²) in [6.07, 6.45) is 7.44. The highest BCUT2D eigenvalue weighted by molar-refractivity contribution is 6.09. The van der Waals surface area contributed by atoms with Crippen LogP contribution < -0.4 is 20.7 Å². The minimum absolute atomic E-state index is 0.240. The number of aromatic nitrogens is 2. The van der Waals surface area contributed by atoms with E-state index in [9.17, 15) is 4.79 Å². The molecule has 5 N–H and O–H groups in total. The average molecular weight is 369 g/mol. The maximum atomic E-state index is 12.2. The Hall–Kier alpha value is -3.00. The number of methoxy groups -OCH3 is 1. The number of allylic oxidation sites excluding steroid dienone is 1. The van der Waals surface area contributed by atoms with Gasteiger partial charge in [-0.05, 0) is 31.0 Å². The second-order valence-corrected chi connectivity index (χ2v) is 6.46. The Balaban J connectivity index is 1.87. The first kappa shape index (κ1) is 18.8. The van der Waals surface area contributed by atoms with Gasteiger partial charge in [-0.3, -0.25) is 5.32 Å². The maximum absolute atomic E-state index is 12.2. The molecule has 2 aromatic heterocycles. The van der Waals surface area contributed by atoms with Crippen LogP contribution in [0.1, 0.15) is 31.2 Å². The number of rotatable bonds is 6. The van der Waals surface area contributed by atoms with E-state index in [0.717, 1.165) is 25.7 Å². The van der Waals surface area contributed by atoms with E-state index in [4.69, 9.17) is 10.1 Å². The normalized spacial score (nSPS) is 15.0. The zero-order valence-electron chi connectivity index (χ0n) is 15.6. The lowest BCUT2D eigenvalue weighted by Gasteiger charge is -2.13. The van der Waals surface area contributed by atoms with Gasteiger partial charge in [-0.15, -0.1) is 0 Å². The monoisotopic (exact) mass is 369 g/mol. The van der Waals surface area contributed by atoms with Gasteiger partial charge in [0, 0.05) is 12.3 Å². The molecule has 0 saturated heterocycles. The number of nitrogens with zero attached hydrogens (tertiary/aromatic N) is 2. The van der Waals surface area contributed by atoms with Crippen LogP contribution in [0, 0.1) is 5.41 Å². The molecule has 142 valence electrons. The van der Waals surface area contributed by atoms with E-state index in [1.165, 1.54) is 6.21 Å². The van der Waals surface area contributed by atoms with Crippen molar-refractivity contribution in [2.24, 2.45) is 0 Å². The number of pyridine rings is 2. The zero-order valence-corrected chi connectivity index (χ0v) is 15.6. The molecule has 2 heterocycles. The molecule has 0 aliphatic heterocycles. The van der Waals surface area contributed by atoms with Crippen LogP contribution in [0.5, 0.6) is 5.88 Å². The number of hydrogen-bond donors (Lipinski definition) is 4. The minimum Gasteiger partial charge on any atom is -0.481 e. The molecule has 8 nitrogen and oxygen atoms in total. The molecule has 0 unspecified atom stereocenters. The Morgan fingerprint density at radius 2 is 2.07 bits per heavy atom. The lowest BCUT2D eigenvalue weighted by molar-refractivity contribution is -0.555. The Kier molecular flexibility index (Phi) is 5.97. The number of ether oxygens (including phenoxy) is 1. The summed E-state index contributed by atoms with van der Waals surface area (Å²) in [4.78, 5) is 21.1. The molecule has 1 fully saturated rings. The van der Waals surface area contributed by atoms with E-state index < -0.39 is 0 Å². The third-order valence-electron chi connectivity index (χ3n) is 4.57. The van der Waals surface area contributed by atoms with Crippen molar-refractivity contribution >= 4 is 34.7 Å². The van der Waals surface area contributed by atoms with Gasteiger partial charge in [0.25, 0.3) is 0 Å². The third kappa shape index (κ3) is 4.40. The number of anilines is 1. The Labute approximate surface area is 157 Å². The van der Waals surface area contributed by atoms with Crippen LogP contribution in [0.3, 0.4) is 0 Å². The topological polar surface area (TPSA) is 117 Å². The van der Waals surface area contributed by atoms with Crippen LogP contribution in [0.4, 0.5) is 10.6 Å². The molecule has 0 radical (unpaired) electrons. The highest BCUT2D eigenvalue weighted by atomic mass is 16.5. The number of carbonyl (C=O) groups excluding carboxylic acids is 1. The molecule has 8 heteroatoms. The molecule has 1 aliphatic carbocycles. The molecule has 3 rings (SSSR count). The molecule has 0 spiro atoms. The summed E-state index contributed by atoms with van der Waals surface area (Å²) in [5, 5.41) is 15.3. The van der Waals surface area contributed by atoms with Crippen molar-refractivity contribution in [3.05, 3.63) is 30.0 Å². The standard InChI is InChI=1S/C19H24N6O2/c1-21-11-12(10-20)14-9-16-15(24-18(14)27-2)7-8-17(23-16)25-19(26)22-13-5-3-4-6-13/h7-11,13,20-21H,3-6H2,1-2H3,(H2,22,23,25,26)/p+1/b12-11+,20-10?. The molecular weight excluding hydrogens is 344 g/mol. The van der Waals surface area contributed by atoms with Gasteiger partial charge in [-0.25, -0.2) is 14.8 Å². The van der Waals surface area contributed by atoms with Gasteiger partial charge in [0.1, 0.15) is 12.0 Å². The fourth-order valence-corrected chi connectivity index (χ4v) is 3.27. The summed E-state index contributed by atoms with van der Waals surface area (Å²) in [5.74, 6) is 0.888. The van der Waals surface area contributed by atoms with E-state index >= 15 is 0 Å². The van der Waals surface area contributed by atoms with Gasteiger partial charge in [0.15, 0.2) is 0 Å². The number of nitrogens with two attached hydrogens (primary N) is 1. The largest absolute Gasteiger partial charge is 0.481 e. The summed E-state index contributed by atoms with van der Waals surface area (Å²) < 4.78 is 5.38. The second kappa shape index (κ2) is 8.59. The number of hydrogen-bond acceptors (Lipinski definition) is 5. The Morgan fingerprint density at radius 1 is 1.30 bits per heavy atom. The van der Waals surface area contributed by atoms with Gasteiger partial charge in [-0.1, -0.05) is 12.8 Å². The van der Waals surface area contributed by atoms with Crippen LogP contribution in [0.2, 0.25) is 0 Å². The molecule has 0 bridgehead atoms. The van der Waals surface area contributed by atoms with Gasteiger partial charge in [0.2, 0.25) is 5.88 Å². The molecule has 0 aromatic carbocycles. The first-order valence-corrected chi connectivity index (χ1v) is 9.08.